The second-order valence-corrected chi connectivity index (χ2v) is 9.04. The van der Waals surface area contributed by atoms with Crippen LogP contribution in [0.15, 0.2) is 48.5 Å². The van der Waals surface area contributed by atoms with Gasteiger partial charge >= 0.3 is 29.6 Å². The molecule has 2 aromatic carbocycles. The van der Waals surface area contributed by atoms with Crippen LogP contribution in [-0.4, -0.2) is 50.7 Å². The van der Waals surface area contributed by atoms with Gasteiger partial charge in [0.25, 0.3) is 5.91 Å². The summed E-state index contributed by atoms with van der Waals surface area (Å²) in [5.41, 5.74) is 2.06. The van der Waals surface area contributed by atoms with Gasteiger partial charge in [0.15, 0.2) is 5.69 Å². The van der Waals surface area contributed by atoms with Crippen LogP contribution in [0.25, 0.3) is 5.69 Å². The maximum absolute atomic E-state index is 13.6. The number of ether oxygens (including phenoxy) is 1. The maximum Gasteiger partial charge on any atom is 1.00 e. The van der Waals surface area contributed by atoms with E-state index >= 15 is 0 Å². The summed E-state index contributed by atoms with van der Waals surface area (Å²) in [7, 11) is 0. The van der Waals surface area contributed by atoms with E-state index in [1.54, 1.807) is 24.3 Å². The van der Waals surface area contributed by atoms with Gasteiger partial charge in [0, 0.05) is 30.9 Å². The molecule has 0 unspecified atom stereocenters. The first-order chi connectivity index (χ1) is 18.1. The van der Waals surface area contributed by atoms with Crippen molar-refractivity contribution in [2.45, 2.75) is 51.4 Å². The van der Waals surface area contributed by atoms with E-state index in [9.17, 15) is 29.3 Å². The van der Waals surface area contributed by atoms with Crippen molar-refractivity contribution < 1.29 is 63.6 Å². The van der Waals surface area contributed by atoms with Gasteiger partial charge in [-0.2, -0.15) is 10.4 Å². The number of aliphatic hydroxyl groups excluding tert-OH is 2. The number of nitriles is 1. The molecule has 39 heavy (non-hydrogen) atoms. The number of nitrogens with zero attached hydrogens (tertiary/aromatic N) is 3. The van der Waals surface area contributed by atoms with Crippen LogP contribution in [0, 0.1) is 17.1 Å². The fraction of sp³-hybridized carbons (Fsp3) is 0.333. The van der Waals surface area contributed by atoms with E-state index in [1.165, 1.54) is 28.9 Å². The Morgan fingerprint density at radius 3 is 2.49 bits per heavy atom. The minimum atomic E-state index is -1.45. The average molecular weight is 547 g/mol. The fourth-order valence-electron chi connectivity index (χ4n) is 3.85. The van der Waals surface area contributed by atoms with Crippen LogP contribution in [0.1, 0.15) is 59.8 Å². The number of aromatic nitrogens is 2. The Hall–Kier alpha value is -3.27. The molecule has 0 fully saturated rings. The molecule has 0 aliphatic heterocycles. The number of hydrogen-bond donors (Lipinski definition) is 3. The van der Waals surface area contributed by atoms with Crippen molar-refractivity contribution in [1.82, 2.24) is 15.1 Å². The first-order valence-corrected chi connectivity index (χ1v) is 11.9. The molecular formula is C27H28FN4NaO6. The van der Waals surface area contributed by atoms with Gasteiger partial charge in [-0.25, -0.2) is 9.07 Å². The minimum absolute atomic E-state index is 0. The molecule has 3 N–H and O–H groups in total. The number of halogens is 1. The van der Waals surface area contributed by atoms with Crippen molar-refractivity contribution >= 4 is 11.9 Å². The second-order valence-electron chi connectivity index (χ2n) is 9.04. The average Bonchev–Trinajstić information content (AvgIpc) is 3.26. The third-order valence-electron chi connectivity index (χ3n) is 5.61. The number of carboxylic acids is 1. The number of hydrogen-bond acceptors (Lipinski definition) is 8. The van der Waals surface area contributed by atoms with Gasteiger partial charge in [-0.05, 0) is 47.9 Å². The van der Waals surface area contributed by atoms with Gasteiger partial charge in [-0.3, -0.25) is 4.79 Å². The van der Waals surface area contributed by atoms with Crippen molar-refractivity contribution in [2.75, 3.05) is 6.61 Å². The molecule has 10 nitrogen and oxygen atoms in total. The van der Waals surface area contributed by atoms with Gasteiger partial charge in [-0.1, -0.05) is 26.0 Å². The molecule has 200 valence electrons. The number of aliphatic hydroxyl groups is 2. The van der Waals surface area contributed by atoms with Crippen LogP contribution in [-0.2, 0) is 11.3 Å². The van der Waals surface area contributed by atoms with Gasteiger partial charge < -0.3 is 30.2 Å². The Bertz CT molecular complexity index is 1320. The van der Waals surface area contributed by atoms with Crippen LogP contribution in [0.2, 0.25) is 0 Å². The predicted molar refractivity (Wildman–Crippen MR) is 132 cm³/mol. The number of carbonyl (C=O) groups is 2. The van der Waals surface area contributed by atoms with Gasteiger partial charge in [0.05, 0.1) is 29.5 Å². The third kappa shape index (κ3) is 8.88. The summed E-state index contributed by atoms with van der Waals surface area (Å²) in [6, 6.07) is 14.2. The van der Waals surface area contributed by atoms with Gasteiger partial charge in [0.1, 0.15) is 12.4 Å². The zero-order chi connectivity index (χ0) is 27.8. The van der Waals surface area contributed by atoms with E-state index in [1.807, 2.05) is 19.9 Å². The molecule has 1 aromatic heterocycles. The van der Waals surface area contributed by atoms with E-state index in [-0.39, 0.29) is 66.6 Å². The fourth-order valence-corrected chi connectivity index (χ4v) is 3.85. The molecule has 3 rings (SSSR count). The normalized spacial score (nSPS) is 12.2. The van der Waals surface area contributed by atoms with E-state index in [2.05, 4.69) is 10.4 Å². The summed E-state index contributed by atoms with van der Waals surface area (Å²) >= 11 is 0. The summed E-state index contributed by atoms with van der Waals surface area (Å²) < 4.78 is 20.8. The molecule has 0 aliphatic carbocycles. The number of carbonyl (C=O) groups excluding carboxylic acids is 2. The molecule has 0 radical (unpaired) electrons. The summed E-state index contributed by atoms with van der Waals surface area (Å²) in [4.78, 5) is 23.9. The standard InChI is InChI=1S/C27H29FN4O6.Na/c1-16(2)24-25(26(37)30-14-18-5-3-4-17(10-18)13-29)31-32(20-8-6-19(28)7-9-20)27(24)38-15-22(34)11-21(33)12-23(35)36;/h3-10,16,21-22,33-34H,11-12,14-15H2,1-2H3,(H,30,37)(H,35,36);/q;+1/p-1/t21-,22+;/m1./s1. The first kappa shape index (κ1) is 31.9. The van der Waals surface area contributed by atoms with Crippen molar-refractivity contribution in [1.29, 1.82) is 5.26 Å². The Balaban J connectivity index is 0.00000533. The van der Waals surface area contributed by atoms with E-state index in [4.69, 9.17) is 10.00 Å². The molecule has 12 heteroatoms. The smallest absolute Gasteiger partial charge is 0.550 e. The van der Waals surface area contributed by atoms with Crippen LogP contribution in [0.4, 0.5) is 4.39 Å². The predicted octanol–water partition coefficient (Wildman–Crippen LogP) is -1.43. The molecule has 2 atom stereocenters. The number of nitrogens with one attached hydrogen (secondary N) is 1. The monoisotopic (exact) mass is 546 g/mol. The molecular weight excluding hydrogens is 518 g/mol. The van der Waals surface area contributed by atoms with Crippen LogP contribution in [0.3, 0.4) is 0 Å². The number of rotatable bonds is 12. The van der Waals surface area contributed by atoms with Crippen LogP contribution >= 0.6 is 0 Å². The summed E-state index contributed by atoms with van der Waals surface area (Å²) in [6.45, 7) is 3.46. The molecule has 0 aliphatic rings. The zero-order valence-electron chi connectivity index (χ0n) is 21.9. The molecule has 0 bridgehead atoms. The Morgan fingerprint density at radius 2 is 1.87 bits per heavy atom. The van der Waals surface area contributed by atoms with Crippen molar-refractivity contribution in [3.63, 3.8) is 0 Å². The minimum Gasteiger partial charge on any atom is -0.550 e. The number of amides is 1. The first-order valence-electron chi connectivity index (χ1n) is 11.9. The van der Waals surface area contributed by atoms with Crippen molar-refractivity contribution in [3.05, 3.63) is 76.7 Å². The zero-order valence-corrected chi connectivity index (χ0v) is 23.9. The molecule has 1 amide bonds. The molecule has 3 aromatic rings. The second kappa shape index (κ2) is 14.8. The van der Waals surface area contributed by atoms with Crippen molar-refractivity contribution in [2.24, 2.45) is 0 Å². The van der Waals surface area contributed by atoms with Gasteiger partial charge in [0.2, 0.25) is 5.88 Å². The van der Waals surface area contributed by atoms with Gasteiger partial charge in [-0.15, -0.1) is 0 Å². The summed E-state index contributed by atoms with van der Waals surface area (Å²) in [5, 5.41) is 47.1. The van der Waals surface area contributed by atoms with Crippen molar-refractivity contribution in [3.8, 4) is 17.6 Å². The Kier molecular flexibility index (Phi) is 12.1. The molecule has 0 spiro atoms. The van der Waals surface area contributed by atoms with E-state index in [0.29, 0.717) is 16.8 Å². The Morgan fingerprint density at radius 1 is 1.18 bits per heavy atom. The number of aliphatic carboxylic acids is 1. The summed E-state index contributed by atoms with van der Waals surface area (Å²) in [5.74, 6) is -2.55. The molecule has 1 heterocycles. The van der Waals surface area contributed by atoms with E-state index in [0.717, 1.165) is 5.56 Å². The number of benzene rings is 2. The van der Waals surface area contributed by atoms with Crippen LogP contribution < -0.4 is 44.7 Å². The largest absolute Gasteiger partial charge is 1.00 e. The quantitative estimate of drug-likeness (QED) is 0.233. The number of carboxylic acid groups (broad SMARTS) is 1. The molecule has 0 saturated heterocycles. The summed E-state index contributed by atoms with van der Waals surface area (Å²) in [6.07, 6.45) is -3.47. The molecule has 0 saturated carbocycles. The maximum atomic E-state index is 13.6. The topological polar surface area (TPSA) is 161 Å². The van der Waals surface area contributed by atoms with E-state index < -0.39 is 36.3 Å². The SMILES string of the molecule is CC(C)c1c(C(=O)NCc2cccc(C#N)c2)nn(-c2ccc(F)cc2)c1OC[C@@H](O)C[C@@H](O)CC(=O)[O-].[Na+]. The van der Waals surface area contributed by atoms with Crippen LogP contribution in [0.5, 0.6) is 5.88 Å². The third-order valence-corrected chi connectivity index (χ3v) is 5.61. The Labute approximate surface area is 247 Å².